The van der Waals surface area contributed by atoms with Crippen molar-refractivity contribution in [2.45, 2.75) is 45.7 Å². The Bertz CT molecular complexity index is 633. The molecule has 0 saturated heterocycles. The Morgan fingerprint density at radius 2 is 2.14 bits per heavy atom. The van der Waals surface area contributed by atoms with E-state index in [2.05, 4.69) is 45.5 Å². The molecule has 2 unspecified atom stereocenters. The SMILES string of the molecule is Cc1cc(C)n2cc(CN(C)C3CCCC3CN)nc2n1. The summed E-state index contributed by atoms with van der Waals surface area (Å²) in [6.07, 6.45) is 5.92. The standard InChI is InChI=1S/C16H25N5/c1-11-7-12(2)21-10-14(19-16(21)18-11)9-20(3)15-6-4-5-13(15)8-17/h7,10,13,15H,4-6,8-9,17H2,1-3H3. The number of imidazole rings is 1. The van der Waals surface area contributed by atoms with Crippen molar-refractivity contribution in [1.29, 1.82) is 0 Å². The molecule has 5 heteroatoms. The van der Waals surface area contributed by atoms with Crippen molar-refractivity contribution in [2.75, 3.05) is 13.6 Å². The lowest BCUT2D eigenvalue weighted by Gasteiger charge is -2.28. The summed E-state index contributed by atoms with van der Waals surface area (Å²) in [4.78, 5) is 11.6. The van der Waals surface area contributed by atoms with Gasteiger partial charge in [-0.3, -0.25) is 9.30 Å². The number of hydrogen-bond donors (Lipinski definition) is 1. The monoisotopic (exact) mass is 287 g/mol. The van der Waals surface area contributed by atoms with E-state index in [1.165, 1.54) is 25.0 Å². The Kier molecular flexibility index (Phi) is 3.95. The predicted octanol–water partition coefficient (Wildman–Crippen LogP) is 1.91. The van der Waals surface area contributed by atoms with Crippen LogP contribution in [-0.2, 0) is 6.54 Å². The summed E-state index contributed by atoms with van der Waals surface area (Å²) in [5.74, 6) is 1.44. The lowest BCUT2D eigenvalue weighted by molar-refractivity contribution is 0.191. The molecule has 114 valence electrons. The van der Waals surface area contributed by atoms with Gasteiger partial charge >= 0.3 is 0 Å². The molecule has 0 amide bonds. The summed E-state index contributed by atoms with van der Waals surface area (Å²) in [5.41, 5.74) is 9.18. The largest absolute Gasteiger partial charge is 0.330 e. The third-order valence-electron chi connectivity index (χ3n) is 4.71. The summed E-state index contributed by atoms with van der Waals surface area (Å²) in [6, 6.07) is 2.68. The molecule has 5 nitrogen and oxygen atoms in total. The molecule has 0 spiro atoms. The minimum atomic E-state index is 0.593. The second kappa shape index (κ2) is 5.73. The topological polar surface area (TPSA) is 59.5 Å². The Labute approximate surface area is 126 Å². The summed E-state index contributed by atoms with van der Waals surface area (Å²) in [6.45, 7) is 5.76. The second-order valence-corrected chi connectivity index (χ2v) is 6.35. The van der Waals surface area contributed by atoms with Gasteiger partial charge in [0.25, 0.3) is 0 Å². The number of fused-ring (bicyclic) bond motifs is 1. The quantitative estimate of drug-likeness (QED) is 0.933. The second-order valence-electron chi connectivity index (χ2n) is 6.35. The summed E-state index contributed by atoms with van der Waals surface area (Å²) in [5, 5.41) is 0. The maximum Gasteiger partial charge on any atom is 0.234 e. The zero-order chi connectivity index (χ0) is 15.0. The van der Waals surface area contributed by atoms with Crippen molar-refractivity contribution in [3.8, 4) is 0 Å². The summed E-state index contributed by atoms with van der Waals surface area (Å²) < 4.78 is 2.07. The fourth-order valence-electron chi connectivity index (χ4n) is 3.64. The van der Waals surface area contributed by atoms with Crippen molar-refractivity contribution < 1.29 is 0 Å². The molecule has 1 saturated carbocycles. The van der Waals surface area contributed by atoms with E-state index >= 15 is 0 Å². The van der Waals surface area contributed by atoms with Crippen LogP contribution in [0, 0.1) is 19.8 Å². The van der Waals surface area contributed by atoms with Gasteiger partial charge in [0.15, 0.2) is 0 Å². The third-order valence-corrected chi connectivity index (χ3v) is 4.71. The van der Waals surface area contributed by atoms with Gasteiger partial charge in [-0.15, -0.1) is 0 Å². The van der Waals surface area contributed by atoms with E-state index in [9.17, 15) is 0 Å². The molecule has 2 aromatic heterocycles. The summed E-state index contributed by atoms with van der Waals surface area (Å²) in [7, 11) is 2.19. The Balaban J connectivity index is 1.80. The van der Waals surface area contributed by atoms with Gasteiger partial charge in [-0.1, -0.05) is 6.42 Å². The van der Waals surface area contributed by atoms with E-state index in [1.807, 2.05) is 6.92 Å². The molecule has 2 heterocycles. The molecule has 0 radical (unpaired) electrons. The van der Waals surface area contributed by atoms with Crippen LogP contribution < -0.4 is 5.73 Å². The van der Waals surface area contributed by atoms with Gasteiger partial charge < -0.3 is 5.73 Å². The first-order chi connectivity index (χ1) is 10.1. The lowest BCUT2D eigenvalue weighted by atomic mass is 10.0. The highest BCUT2D eigenvalue weighted by atomic mass is 15.2. The molecule has 21 heavy (non-hydrogen) atoms. The average molecular weight is 287 g/mol. The van der Waals surface area contributed by atoms with Crippen molar-refractivity contribution in [2.24, 2.45) is 11.7 Å². The van der Waals surface area contributed by atoms with E-state index < -0.39 is 0 Å². The molecule has 2 N–H and O–H groups in total. The number of nitrogens with zero attached hydrogens (tertiary/aromatic N) is 4. The van der Waals surface area contributed by atoms with Gasteiger partial charge in [0.2, 0.25) is 5.78 Å². The number of nitrogens with two attached hydrogens (primary N) is 1. The minimum absolute atomic E-state index is 0.593. The first kappa shape index (κ1) is 14.5. The molecule has 2 atom stereocenters. The summed E-state index contributed by atoms with van der Waals surface area (Å²) >= 11 is 0. The predicted molar refractivity (Wildman–Crippen MR) is 84.1 cm³/mol. The van der Waals surface area contributed by atoms with Crippen LogP contribution in [0.3, 0.4) is 0 Å². The Morgan fingerprint density at radius 1 is 1.33 bits per heavy atom. The molecule has 1 aliphatic carbocycles. The highest BCUT2D eigenvalue weighted by molar-refractivity contribution is 5.34. The van der Waals surface area contributed by atoms with Gasteiger partial charge in [0, 0.05) is 30.2 Å². The van der Waals surface area contributed by atoms with Gasteiger partial charge in [0.1, 0.15) is 0 Å². The number of aryl methyl sites for hydroxylation is 2. The van der Waals surface area contributed by atoms with Crippen LogP contribution in [0.15, 0.2) is 12.3 Å². The fourth-order valence-corrected chi connectivity index (χ4v) is 3.64. The van der Waals surface area contributed by atoms with Crippen molar-refractivity contribution in [3.63, 3.8) is 0 Å². The lowest BCUT2D eigenvalue weighted by Crippen LogP contribution is -2.37. The molecular weight excluding hydrogens is 262 g/mol. The van der Waals surface area contributed by atoms with Gasteiger partial charge in [-0.25, -0.2) is 9.97 Å². The minimum Gasteiger partial charge on any atom is -0.330 e. The molecule has 1 fully saturated rings. The van der Waals surface area contributed by atoms with E-state index in [0.29, 0.717) is 12.0 Å². The Hall–Kier alpha value is -1.46. The highest BCUT2D eigenvalue weighted by Crippen LogP contribution is 2.29. The molecule has 0 aliphatic heterocycles. The fraction of sp³-hybridized carbons (Fsp3) is 0.625. The van der Waals surface area contributed by atoms with Crippen molar-refractivity contribution in [3.05, 3.63) is 29.3 Å². The first-order valence-corrected chi connectivity index (χ1v) is 7.81. The highest BCUT2D eigenvalue weighted by Gasteiger charge is 2.29. The average Bonchev–Trinajstić information content (AvgIpc) is 3.04. The zero-order valence-corrected chi connectivity index (χ0v) is 13.2. The van der Waals surface area contributed by atoms with Gasteiger partial charge in [0.05, 0.1) is 5.69 Å². The number of rotatable bonds is 4. The Morgan fingerprint density at radius 3 is 2.90 bits per heavy atom. The first-order valence-electron chi connectivity index (χ1n) is 7.81. The van der Waals surface area contributed by atoms with Crippen LogP contribution in [0.4, 0.5) is 0 Å². The molecule has 0 bridgehead atoms. The number of aromatic nitrogens is 3. The van der Waals surface area contributed by atoms with Gasteiger partial charge in [-0.2, -0.15) is 0 Å². The van der Waals surface area contributed by atoms with Crippen LogP contribution in [0.1, 0.15) is 36.3 Å². The maximum atomic E-state index is 5.90. The van der Waals surface area contributed by atoms with E-state index in [0.717, 1.165) is 30.3 Å². The third kappa shape index (κ3) is 2.80. The molecular formula is C16H25N5. The van der Waals surface area contributed by atoms with Crippen LogP contribution in [0.2, 0.25) is 0 Å². The molecule has 2 aromatic rings. The van der Waals surface area contributed by atoms with Crippen molar-refractivity contribution in [1.82, 2.24) is 19.3 Å². The maximum absolute atomic E-state index is 5.90. The molecule has 0 aromatic carbocycles. The number of hydrogen-bond acceptors (Lipinski definition) is 4. The van der Waals surface area contributed by atoms with Crippen LogP contribution >= 0.6 is 0 Å². The van der Waals surface area contributed by atoms with E-state index in [-0.39, 0.29) is 0 Å². The van der Waals surface area contributed by atoms with Crippen LogP contribution in [0.25, 0.3) is 5.78 Å². The molecule has 1 aliphatic rings. The zero-order valence-electron chi connectivity index (χ0n) is 13.2. The smallest absolute Gasteiger partial charge is 0.234 e. The van der Waals surface area contributed by atoms with Crippen LogP contribution in [-0.4, -0.2) is 38.9 Å². The van der Waals surface area contributed by atoms with Crippen molar-refractivity contribution >= 4 is 5.78 Å². The van der Waals surface area contributed by atoms with Gasteiger partial charge in [-0.05, 0) is 52.3 Å². The molecule has 3 rings (SSSR count). The van der Waals surface area contributed by atoms with E-state index in [4.69, 9.17) is 5.73 Å². The van der Waals surface area contributed by atoms with E-state index in [1.54, 1.807) is 0 Å². The van der Waals surface area contributed by atoms with Crippen LogP contribution in [0.5, 0.6) is 0 Å². The normalized spacial score (nSPS) is 22.5.